The van der Waals surface area contributed by atoms with Gasteiger partial charge in [-0.1, -0.05) is 6.07 Å². The number of benzene rings is 2. The number of amides is 1. The van der Waals surface area contributed by atoms with Gasteiger partial charge in [-0.2, -0.15) is 0 Å². The van der Waals surface area contributed by atoms with Crippen molar-refractivity contribution >= 4 is 27.9 Å². The molecule has 0 aliphatic heterocycles. The van der Waals surface area contributed by atoms with E-state index < -0.39 is 5.82 Å². The third kappa shape index (κ3) is 4.17. The zero-order valence-corrected chi connectivity index (χ0v) is 16.2. The smallest absolute Gasteiger partial charge is 0.258 e. The maximum absolute atomic E-state index is 13.1. The number of thiazole rings is 1. The lowest BCUT2D eigenvalue weighted by molar-refractivity contribution is 0.102. The standard InChI is InChI=1S/C21H16FN3O3S/c1-13-2-7-18(17(10-13)24-20(27)14-3-5-15(22)6-4-14)28-12-16-11-19(26)25-8-9-29-21(25)23-16/h2-11H,12H2,1H3,(H,24,27). The van der Waals surface area contributed by atoms with E-state index in [0.717, 1.165) is 5.56 Å². The summed E-state index contributed by atoms with van der Waals surface area (Å²) >= 11 is 1.36. The maximum atomic E-state index is 13.1. The van der Waals surface area contributed by atoms with Gasteiger partial charge in [0.1, 0.15) is 18.2 Å². The minimum Gasteiger partial charge on any atom is -0.485 e. The summed E-state index contributed by atoms with van der Waals surface area (Å²) in [4.78, 5) is 29.6. The van der Waals surface area contributed by atoms with Gasteiger partial charge >= 0.3 is 0 Å². The number of aryl methyl sites for hydroxylation is 1. The van der Waals surface area contributed by atoms with Gasteiger partial charge in [-0.15, -0.1) is 11.3 Å². The lowest BCUT2D eigenvalue weighted by Crippen LogP contribution is -2.15. The molecule has 0 aliphatic carbocycles. The molecule has 2 aromatic heterocycles. The Balaban J connectivity index is 1.55. The summed E-state index contributed by atoms with van der Waals surface area (Å²) in [7, 11) is 0. The Kier molecular flexibility index (Phi) is 5.09. The fraction of sp³-hybridized carbons (Fsp3) is 0.0952. The van der Waals surface area contributed by atoms with Gasteiger partial charge in [0.15, 0.2) is 4.96 Å². The number of nitrogens with zero attached hydrogens (tertiary/aromatic N) is 2. The normalized spacial score (nSPS) is 10.8. The number of ether oxygens (including phenoxy) is 1. The number of halogens is 1. The molecule has 0 saturated heterocycles. The molecule has 0 aliphatic rings. The fourth-order valence-electron chi connectivity index (χ4n) is 2.78. The predicted octanol–water partition coefficient (Wildman–Crippen LogP) is 4.03. The molecule has 1 amide bonds. The highest BCUT2D eigenvalue weighted by Crippen LogP contribution is 2.27. The lowest BCUT2D eigenvalue weighted by Gasteiger charge is -2.13. The number of nitrogens with one attached hydrogen (secondary N) is 1. The summed E-state index contributed by atoms with van der Waals surface area (Å²) in [6.45, 7) is 1.97. The first-order valence-corrected chi connectivity index (χ1v) is 9.64. The zero-order valence-electron chi connectivity index (χ0n) is 15.4. The Labute approximate surface area is 169 Å². The first-order chi connectivity index (χ1) is 14.0. The number of carbonyl (C=O) groups is 1. The van der Waals surface area contributed by atoms with Crippen LogP contribution in [0.5, 0.6) is 5.75 Å². The second-order valence-electron chi connectivity index (χ2n) is 6.39. The lowest BCUT2D eigenvalue weighted by atomic mass is 10.1. The van der Waals surface area contributed by atoms with Crippen LogP contribution in [0, 0.1) is 12.7 Å². The second-order valence-corrected chi connectivity index (χ2v) is 7.26. The van der Waals surface area contributed by atoms with Gasteiger partial charge in [0.25, 0.3) is 11.5 Å². The molecule has 4 aromatic rings. The van der Waals surface area contributed by atoms with E-state index in [0.29, 0.717) is 27.7 Å². The van der Waals surface area contributed by atoms with Gasteiger partial charge in [-0.3, -0.25) is 14.0 Å². The molecule has 2 heterocycles. The molecule has 146 valence electrons. The van der Waals surface area contributed by atoms with Crippen LogP contribution in [0.2, 0.25) is 0 Å². The van der Waals surface area contributed by atoms with Gasteiger partial charge in [0.05, 0.1) is 11.4 Å². The summed E-state index contributed by atoms with van der Waals surface area (Å²) in [5.74, 6) is -0.344. The molecule has 6 nitrogen and oxygen atoms in total. The Bertz CT molecular complexity index is 1250. The molecule has 0 bridgehead atoms. The Morgan fingerprint density at radius 2 is 2.00 bits per heavy atom. The fourth-order valence-corrected chi connectivity index (χ4v) is 3.52. The molecule has 29 heavy (non-hydrogen) atoms. The second kappa shape index (κ2) is 7.84. The van der Waals surface area contributed by atoms with Crippen molar-refractivity contribution in [2.75, 3.05) is 5.32 Å². The number of fused-ring (bicyclic) bond motifs is 1. The summed E-state index contributed by atoms with van der Waals surface area (Å²) in [5.41, 5.74) is 2.06. The number of rotatable bonds is 5. The van der Waals surface area contributed by atoms with E-state index in [1.165, 1.54) is 46.1 Å². The number of hydrogen-bond donors (Lipinski definition) is 1. The van der Waals surface area contributed by atoms with E-state index in [1.54, 1.807) is 23.7 Å². The van der Waals surface area contributed by atoms with Crippen molar-refractivity contribution in [3.8, 4) is 5.75 Å². The van der Waals surface area contributed by atoms with Crippen LogP contribution in [0.15, 0.2) is 64.9 Å². The maximum Gasteiger partial charge on any atom is 0.258 e. The van der Waals surface area contributed by atoms with E-state index in [4.69, 9.17) is 4.74 Å². The van der Waals surface area contributed by atoms with Crippen molar-refractivity contribution in [3.05, 3.63) is 93.1 Å². The van der Waals surface area contributed by atoms with Gasteiger partial charge in [-0.25, -0.2) is 9.37 Å². The molecule has 4 rings (SSSR count). The average Bonchev–Trinajstić information content (AvgIpc) is 3.17. The minimum atomic E-state index is -0.410. The number of hydrogen-bond acceptors (Lipinski definition) is 5. The molecule has 0 unspecified atom stereocenters. The van der Waals surface area contributed by atoms with Crippen LogP contribution >= 0.6 is 11.3 Å². The summed E-state index contributed by atoms with van der Waals surface area (Å²) in [6.07, 6.45) is 1.67. The number of aromatic nitrogens is 2. The number of carbonyl (C=O) groups excluding carboxylic acids is 1. The topological polar surface area (TPSA) is 72.7 Å². The van der Waals surface area contributed by atoms with E-state index in [9.17, 15) is 14.0 Å². The third-order valence-corrected chi connectivity index (χ3v) is 4.98. The van der Waals surface area contributed by atoms with Crippen molar-refractivity contribution in [2.45, 2.75) is 13.5 Å². The third-order valence-electron chi connectivity index (χ3n) is 4.22. The minimum absolute atomic E-state index is 0.0755. The van der Waals surface area contributed by atoms with Gasteiger partial charge in [-0.05, 0) is 48.9 Å². The van der Waals surface area contributed by atoms with Crippen LogP contribution in [0.25, 0.3) is 4.96 Å². The largest absolute Gasteiger partial charge is 0.485 e. The van der Waals surface area contributed by atoms with Gasteiger partial charge in [0, 0.05) is 23.2 Å². The quantitative estimate of drug-likeness (QED) is 0.540. The number of anilines is 1. The van der Waals surface area contributed by atoms with E-state index in [-0.39, 0.29) is 18.1 Å². The van der Waals surface area contributed by atoms with Gasteiger partial charge in [0.2, 0.25) is 0 Å². The van der Waals surface area contributed by atoms with Crippen molar-refractivity contribution in [2.24, 2.45) is 0 Å². The predicted molar refractivity (Wildman–Crippen MR) is 109 cm³/mol. The molecule has 0 fully saturated rings. The SMILES string of the molecule is Cc1ccc(OCc2cc(=O)n3ccsc3n2)c(NC(=O)c2ccc(F)cc2)c1. The van der Waals surface area contributed by atoms with E-state index in [2.05, 4.69) is 10.3 Å². The van der Waals surface area contributed by atoms with Crippen LogP contribution in [-0.4, -0.2) is 15.3 Å². The molecule has 2 aromatic carbocycles. The van der Waals surface area contributed by atoms with Crippen LogP contribution in [-0.2, 0) is 6.61 Å². The van der Waals surface area contributed by atoms with E-state index in [1.807, 2.05) is 13.0 Å². The van der Waals surface area contributed by atoms with Crippen molar-refractivity contribution in [1.82, 2.24) is 9.38 Å². The molecule has 1 N–H and O–H groups in total. The molecule has 8 heteroatoms. The Hall–Kier alpha value is -3.52. The van der Waals surface area contributed by atoms with Gasteiger partial charge < -0.3 is 10.1 Å². The molecule has 0 atom stereocenters. The van der Waals surface area contributed by atoms with Crippen LogP contribution in [0.1, 0.15) is 21.6 Å². The van der Waals surface area contributed by atoms with Crippen LogP contribution < -0.4 is 15.6 Å². The van der Waals surface area contributed by atoms with Crippen LogP contribution in [0.4, 0.5) is 10.1 Å². The highest BCUT2D eigenvalue weighted by atomic mass is 32.1. The van der Waals surface area contributed by atoms with Crippen molar-refractivity contribution in [3.63, 3.8) is 0 Å². The first kappa shape index (κ1) is 18.8. The average molecular weight is 409 g/mol. The summed E-state index contributed by atoms with van der Waals surface area (Å²) < 4.78 is 20.4. The Morgan fingerprint density at radius 1 is 1.21 bits per heavy atom. The molecule has 0 radical (unpaired) electrons. The monoisotopic (exact) mass is 409 g/mol. The highest BCUT2D eigenvalue weighted by molar-refractivity contribution is 7.15. The molecule has 0 spiro atoms. The summed E-state index contributed by atoms with van der Waals surface area (Å²) in [5, 5.41) is 4.58. The molecular formula is C21H16FN3O3S. The van der Waals surface area contributed by atoms with Crippen molar-refractivity contribution in [1.29, 1.82) is 0 Å². The Morgan fingerprint density at radius 3 is 2.79 bits per heavy atom. The first-order valence-electron chi connectivity index (χ1n) is 8.76. The summed E-state index contributed by atoms with van der Waals surface area (Å²) in [6, 6.07) is 12.1. The highest BCUT2D eigenvalue weighted by Gasteiger charge is 2.12. The zero-order chi connectivity index (χ0) is 20.4. The van der Waals surface area contributed by atoms with Crippen molar-refractivity contribution < 1.29 is 13.9 Å². The molecule has 0 saturated carbocycles. The van der Waals surface area contributed by atoms with Crippen LogP contribution in [0.3, 0.4) is 0 Å². The van der Waals surface area contributed by atoms with E-state index >= 15 is 0 Å². The molecular weight excluding hydrogens is 393 g/mol.